The van der Waals surface area contributed by atoms with Gasteiger partial charge in [-0.2, -0.15) is 0 Å². The molecule has 0 heteroatoms. The van der Waals surface area contributed by atoms with E-state index in [1.807, 2.05) is 0 Å². The van der Waals surface area contributed by atoms with Crippen molar-refractivity contribution in [2.45, 2.75) is 206 Å². The van der Waals surface area contributed by atoms with E-state index in [0.717, 1.165) is 0 Å². The Labute approximate surface area is 414 Å². The average Bonchev–Trinajstić information content (AvgIpc) is 3.78. The first-order valence-electron chi connectivity index (χ1n) is 28.1. The highest BCUT2D eigenvalue weighted by Crippen LogP contribution is 2.57. The smallest absolute Gasteiger partial charge is 0.0215 e. The summed E-state index contributed by atoms with van der Waals surface area (Å²) < 4.78 is 0. The minimum absolute atomic E-state index is 0.0286. The standard InChI is InChI=1S/C68H86/c1-7-11-15-19-21-25-45-67(46-26-22-20-16-12-8-2)63-47-52(6)29-39-59(63)60-40-37-57(49-64(60)67)54-32-34-55(35-33-54)58-38-42-62-61-41-36-56(53-30-27-51(5)28-31-53)48-65(61)68(66(62)50-58,43-23-17-13-9-3)44-24-18-14-10-4/h27-42,47-50H,7-26,43-46H2,1-6H3. The molecule has 0 N–H and O–H groups in total. The number of unbranched alkanes of at least 4 members (excludes halogenated alkanes) is 16. The van der Waals surface area contributed by atoms with Crippen LogP contribution in [-0.4, -0.2) is 0 Å². The van der Waals surface area contributed by atoms with E-state index in [1.54, 1.807) is 22.3 Å². The van der Waals surface area contributed by atoms with Gasteiger partial charge >= 0.3 is 0 Å². The van der Waals surface area contributed by atoms with Crippen LogP contribution in [0.2, 0.25) is 0 Å². The topological polar surface area (TPSA) is 0 Å². The third-order valence-corrected chi connectivity index (χ3v) is 16.6. The summed E-state index contributed by atoms with van der Waals surface area (Å²) in [6.07, 6.45) is 31.5. The summed E-state index contributed by atoms with van der Waals surface area (Å²) >= 11 is 0. The minimum atomic E-state index is 0.0286. The van der Waals surface area contributed by atoms with Crippen molar-refractivity contribution >= 4 is 0 Å². The molecule has 68 heavy (non-hydrogen) atoms. The lowest BCUT2D eigenvalue weighted by Gasteiger charge is -2.33. The van der Waals surface area contributed by atoms with Gasteiger partial charge in [-0.1, -0.05) is 270 Å². The monoisotopic (exact) mass is 903 g/mol. The van der Waals surface area contributed by atoms with Crippen molar-refractivity contribution in [3.63, 3.8) is 0 Å². The van der Waals surface area contributed by atoms with Gasteiger partial charge in [0.05, 0.1) is 0 Å². The summed E-state index contributed by atoms with van der Waals surface area (Å²) in [6.45, 7) is 13.9. The predicted octanol–water partition coefficient (Wildman–Crippen LogP) is 21.3. The molecular formula is C68H86. The number of fused-ring (bicyclic) bond motifs is 6. The first kappa shape index (κ1) is 49.7. The van der Waals surface area contributed by atoms with Crippen molar-refractivity contribution in [1.82, 2.24) is 0 Å². The van der Waals surface area contributed by atoms with Crippen LogP contribution < -0.4 is 0 Å². The van der Waals surface area contributed by atoms with E-state index in [9.17, 15) is 0 Å². The number of aryl methyl sites for hydroxylation is 2. The maximum Gasteiger partial charge on any atom is 0.0215 e. The second-order valence-electron chi connectivity index (χ2n) is 21.6. The predicted molar refractivity (Wildman–Crippen MR) is 298 cm³/mol. The van der Waals surface area contributed by atoms with Gasteiger partial charge in [0, 0.05) is 10.8 Å². The Hall–Kier alpha value is -4.68. The zero-order chi connectivity index (χ0) is 47.4. The molecule has 0 bridgehead atoms. The van der Waals surface area contributed by atoms with Crippen LogP contribution >= 0.6 is 0 Å². The van der Waals surface area contributed by atoms with Gasteiger partial charge in [0.2, 0.25) is 0 Å². The number of benzene rings is 6. The van der Waals surface area contributed by atoms with E-state index in [4.69, 9.17) is 0 Å². The first-order valence-corrected chi connectivity index (χ1v) is 28.1. The van der Waals surface area contributed by atoms with Gasteiger partial charge in [0.25, 0.3) is 0 Å². The molecule has 0 radical (unpaired) electrons. The fraction of sp³-hybridized carbons (Fsp3) is 0.471. The maximum atomic E-state index is 2.64. The zero-order valence-electron chi connectivity index (χ0n) is 43.5. The molecule has 0 aromatic heterocycles. The highest BCUT2D eigenvalue weighted by molar-refractivity contribution is 5.87. The van der Waals surface area contributed by atoms with Crippen LogP contribution in [0.5, 0.6) is 0 Å². The van der Waals surface area contributed by atoms with Crippen LogP contribution in [-0.2, 0) is 10.8 Å². The molecule has 0 saturated carbocycles. The number of hydrogen-bond donors (Lipinski definition) is 0. The van der Waals surface area contributed by atoms with E-state index in [0.29, 0.717) is 0 Å². The average molecular weight is 903 g/mol. The summed E-state index contributed by atoms with van der Waals surface area (Å²) in [5, 5.41) is 0. The highest BCUT2D eigenvalue weighted by Gasteiger charge is 2.44. The largest absolute Gasteiger partial charge is 0.0654 e. The van der Waals surface area contributed by atoms with Gasteiger partial charge in [-0.15, -0.1) is 0 Å². The van der Waals surface area contributed by atoms with E-state index < -0.39 is 0 Å². The molecule has 0 spiro atoms. The van der Waals surface area contributed by atoms with Crippen LogP contribution in [0, 0.1) is 13.8 Å². The quantitative estimate of drug-likeness (QED) is 0.0452. The van der Waals surface area contributed by atoms with Gasteiger partial charge in [-0.25, -0.2) is 0 Å². The number of rotatable bonds is 27. The summed E-state index contributed by atoms with van der Waals surface area (Å²) in [5.41, 5.74) is 23.1. The Morgan fingerprint density at radius 1 is 0.250 bits per heavy atom. The summed E-state index contributed by atoms with van der Waals surface area (Å²) in [7, 11) is 0. The lowest BCUT2D eigenvalue weighted by atomic mass is 9.70. The molecular weight excluding hydrogens is 817 g/mol. The zero-order valence-corrected chi connectivity index (χ0v) is 43.5. The fourth-order valence-electron chi connectivity index (χ4n) is 12.7. The lowest BCUT2D eigenvalue weighted by Crippen LogP contribution is -2.25. The third kappa shape index (κ3) is 10.9. The molecule has 0 nitrogen and oxygen atoms in total. The summed E-state index contributed by atoms with van der Waals surface area (Å²) in [5.74, 6) is 0. The van der Waals surface area contributed by atoms with Gasteiger partial charge in [0.1, 0.15) is 0 Å². The Morgan fingerprint density at radius 2 is 0.500 bits per heavy atom. The molecule has 6 aromatic rings. The van der Waals surface area contributed by atoms with Gasteiger partial charge < -0.3 is 0 Å². The Balaban J connectivity index is 1.13. The second-order valence-corrected chi connectivity index (χ2v) is 21.6. The third-order valence-electron chi connectivity index (χ3n) is 16.6. The van der Waals surface area contributed by atoms with Crippen LogP contribution in [0.3, 0.4) is 0 Å². The van der Waals surface area contributed by atoms with Crippen molar-refractivity contribution in [3.05, 3.63) is 155 Å². The molecule has 0 fully saturated rings. The molecule has 0 amide bonds. The van der Waals surface area contributed by atoms with Crippen molar-refractivity contribution < 1.29 is 0 Å². The van der Waals surface area contributed by atoms with Crippen molar-refractivity contribution in [3.8, 4) is 55.6 Å². The van der Waals surface area contributed by atoms with Gasteiger partial charge in [-0.3, -0.25) is 0 Å². The Kier molecular flexibility index (Phi) is 17.4. The lowest BCUT2D eigenvalue weighted by molar-refractivity contribution is 0.398. The number of hydrogen-bond acceptors (Lipinski definition) is 0. The van der Waals surface area contributed by atoms with Crippen LogP contribution in [0.1, 0.15) is 215 Å². The van der Waals surface area contributed by atoms with E-state index in [2.05, 4.69) is 163 Å². The Morgan fingerprint density at radius 3 is 0.853 bits per heavy atom. The first-order chi connectivity index (χ1) is 33.4. The molecule has 0 heterocycles. The molecule has 0 unspecified atom stereocenters. The Bertz CT molecular complexity index is 2500. The normalized spacial score (nSPS) is 13.9. The highest BCUT2D eigenvalue weighted by atomic mass is 14.5. The SMILES string of the molecule is CCCCCCCCC1(CCCCCCCC)c2cc(C)ccc2-c2ccc(-c3ccc(-c4ccc5c(c4)C(CCCCCC)(CCCCCC)c4cc(-c6ccc(C)cc6)ccc4-5)cc3)cc21. The second kappa shape index (κ2) is 23.8. The molecule has 8 rings (SSSR count). The van der Waals surface area contributed by atoms with Crippen molar-refractivity contribution in [1.29, 1.82) is 0 Å². The summed E-state index contributed by atoms with van der Waals surface area (Å²) in [6, 6.07) is 48.7. The summed E-state index contributed by atoms with van der Waals surface area (Å²) in [4.78, 5) is 0. The molecule has 0 atom stereocenters. The van der Waals surface area contributed by atoms with Crippen molar-refractivity contribution in [2.24, 2.45) is 0 Å². The van der Waals surface area contributed by atoms with Gasteiger partial charge in [-0.05, 0) is 136 Å². The van der Waals surface area contributed by atoms with E-state index in [1.165, 1.54) is 221 Å². The molecule has 0 saturated heterocycles. The van der Waals surface area contributed by atoms with E-state index >= 15 is 0 Å². The molecule has 0 aliphatic heterocycles. The minimum Gasteiger partial charge on any atom is -0.0654 e. The van der Waals surface area contributed by atoms with Crippen molar-refractivity contribution in [2.75, 3.05) is 0 Å². The van der Waals surface area contributed by atoms with Gasteiger partial charge in [0.15, 0.2) is 0 Å². The van der Waals surface area contributed by atoms with E-state index in [-0.39, 0.29) is 10.8 Å². The van der Waals surface area contributed by atoms with Crippen LogP contribution in [0.15, 0.2) is 121 Å². The molecule has 2 aliphatic carbocycles. The molecule has 6 aromatic carbocycles. The van der Waals surface area contributed by atoms with Crippen LogP contribution in [0.25, 0.3) is 55.6 Å². The molecule has 358 valence electrons. The fourth-order valence-corrected chi connectivity index (χ4v) is 12.7. The maximum absolute atomic E-state index is 2.64. The molecule has 2 aliphatic rings. The van der Waals surface area contributed by atoms with Crippen LogP contribution in [0.4, 0.5) is 0 Å².